The van der Waals surface area contributed by atoms with Gasteiger partial charge in [0.15, 0.2) is 0 Å². The highest BCUT2D eigenvalue weighted by Crippen LogP contribution is 2.36. The number of hydrogen-bond donors (Lipinski definition) is 1. The molecule has 4 aliphatic rings. The molecule has 0 aliphatic carbocycles. The van der Waals surface area contributed by atoms with Gasteiger partial charge in [-0.3, -0.25) is 4.90 Å². The molecule has 4 fully saturated rings. The first kappa shape index (κ1) is 19.9. The first-order valence-electron chi connectivity index (χ1n) is 9.33. The number of hydrogen-bond acceptors (Lipinski definition) is 4. The van der Waals surface area contributed by atoms with Crippen molar-refractivity contribution in [1.82, 2.24) is 15.1 Å². The van der Waals surface area contributed by atoms with Crippen LogP contribution in [0, 0.1) is 5.41 Å². The summed E-state index contributed by atoms with van der Waals surface area (Å²) in [5.41, 5.74) is 1.19. The lowest BCUT2D eigenvalue weighted by molar-refractivity contribution is -0.104. The van der Waals surface area contributed by atoms with Crippen LogP contribution in [0.3, 0.4) is 0 Å². The molecule has 2 spiro atoms. The maximum atomic E-state index is 5.18. The van der Waals surface area contributed by atoms with Crippen molar-refractivity contribution in [2.45, 2.75) is 52.5 Å². The Bertz CT molecular complexity index is 301. The summed E-state index contributed by atoms with van der Waals surface area (Å²) in [6.45, 7) is 16.3. The second kappa shape index (κ2) is 9.21. The molecule has 0 aromatic carbocycles. The van der Waals surface area contributed by atoms with Gasteiger partial charge < -0.3 is 15.0 Å². The van der Waals surface area contributed by atoms with E-state index in [-0.39, 0.29) is 0 Å². The van der Waals surface area contributed by atoms with Crippen LogP contribution in [0.1, 0.15) is 47.0 Å². The highest BCUT2D eigenvalue weighted by Gasteiger charge is 2.43. The van der Waals surface area contributed by atoms with E-state index in [2.05, 4.69) is 29.2 Å². The quantitative estimate of drug-likeness (QED) is 0.743. The Morgan fingerprint density at radius 3 is 1.73 bits per heavy atom. The molecule has 4 heterocycles. The lowest BCUT2D eigenvalue weighted by atomic mass is 9.85. The number of rotatable bonds is 0. The fourth-order valence-corrected chi connectivity index (χ4v) is 3.72. The van der Waals surface area contributed by atoms with Crippen LogP contribution < -0.4 is 5.32 Å². The minimum atomic E-state index is 0.592. The Hall–Kier alpha value is -0.160. The second-order valence-corrected chi connectivity index (χ2v) is 6.83. The van der Waals surface area contributed by atoms with Gasteiger partial charge in [0.25, 0.3) is 0 Å². The average molecular weight is 314 g/mol. The maximum Gasteiger partial charge on any atom is 0.0557 e. The minimum Gasteiger partial charge on any atom is -0.380 e. The summed E-state index contributed by atoms with van der Waals surface area (Å²) in [5, 5.41) is 3.33. The van der Waals surface area contributed by atoms with E-state index < -0.39 is 0 Å². The van der Waals surface area contributed by atoms with Crippen molar-refractivity contribution in [3.8, 4) is 0 Å². The Morgan fingerprint density at radius 1 is 0.909 bits per heavy atom. The lowest BCUT2D eigenvalue weighted by Gasteiger charge is -2.44. The summed E-state index contributed by atoms with van der Waals surface area (Å²) in [7, 11) is 4.43. The van der Waals surface area contributed by atoms with Gasteiger partial charge in [0.05, 0.1) is 13.2 Å². The molecule has 0 aromatic rings. The highest BCUT2D eigenvalue weighted by molar-refractivity contribution is 5.04. The van der Waals surface area contributed by atoms with Crippen molar-refractivity contribution in [3.05, 3.63) is 0 Å². The van der Waals surface area contributed by atoms with Gasteiger partial charge in [-0.15, -0.1) is 0 Å². The predicted molar refractivity (Wildman–Crippen MR) is 95.5 cm³/mol. The summed E-state index contributed by atoms with van der Waals surface area (Å²) in [5.74, 6) is 0. The van der Waals surface area contributed by atoms with Gasteiger partial charge in [-0.1, -0.05) is 27.7 Å². The molecule has 0 amide bonds. The molecule has 4 nitrogen and oxygen atoms in total. The van der Waals surface area contributed by atoms with Crippen molar-refractivity contribution in [1.29, 1.82) is 0 Å². The molecule has 0 aromatic heterocycles. The summed E-state index contributed by atoms with van der Waals surface area (Å²) >= 11 is 0. The molecule has 4 saturated heterocycles. The zero-order chi connectivity index (χ0) is 16.6. The third-order valence-electron chi connectivity index (χ3n) is 5.30. The second-order valence-electron chi connectivity index (χ2n) is 6.83. The molecule has 4 aliphatic heterocycles. The van der Waals surface area contributed by atoms with Crippen molar-refractivity contribution in [2.75, 3.05) is 60.0 Å². The summed E-state index contributed by atoms with van der Waals surface area (Å²) in [4.78, 5) is 4.89. The SMILES string of the molecule is CC.CC.CN1CCC2(COC2)C1.CN1CCCC12CNC2. The zero-order valence-corrected chi connectivity index (χ0v) is 15.9. The van der Waals surface area contributed by atoms with Gasteiger partial charge in [-0.05, 0) is 46.4 Å². The molecule has 0 atom stereocenters. The Kier molecular flexibility index (Phi) is 8.33. The van der Waals surface area contributed by atoms with Crippen LogP contribution in [0.5, 0.6) is 0 Å². The fraction of sp³-hybridized carbons (Fsp3) is 1.00. The normalized spacial score (nSPS) is 27.5. The predicted octanol–water partition coefficient (Wildman–Crippen LogP) is 2.44. The van der Waals surface area contributed by atoms with Gasteiger partial charge >= 0.3 is 0 Å². The molecule has 0 saturated carbocycles. The van der Waals surface area contributed by atoms with E-state index in [1.54, 1.807) is 0 Å². The summed E-state index contributed by atoms with van der Waals surface area (Å²) < 4.78 is 5.18. The maximum absolute atomic E-state index is 5.18. The summed E-state index contributed by atoms with van der Waals surface area (Å²) in [6.07, 6.45) is 4.16. The van der Waals surface area contributed by atoms with E-state index in [1.807, 2.05) is 27.7 Å². The molecule has 1 N–H and O–H groups in total. The topological polar surface area (TPSA) is 27.7 Å². The van der Waals surface area contributed by atoms with Crippen LogP contribution in [-0.4, -0.2) is 75.4 Å². The van der Waals surface area contributed by atoms with E-state index >= 15 is 0 Å². The van der Waals surface area contributed by atoms with Gasteiger partial charge in [0.2, 0.25) is 0 Å². The number of ether oxygens (including phenoxy) is 1. The van der Waals surface area contributed by atoms with Crippen LogP contribution in [0.15, 0.2) is 0 Å². The van der Waals surface area contributed by atoms with E-state index in [0.29, 0.717) is 11.0 Å². The molecule has 0 unspecified atom stereocenters. The third-order valence-corrected chi connectivity index (χ3v) is 5.30. The van der Waals surface area contributed by atoms with Gasteiger partial charge in [-0.2, -0.15) is 0 Å². The lowest BCUT2D eigenvalue weighted by Crippen LogP contribution is -2.65. The van der Waals surface area contributed by atoms with Gasteiger partial charge in [0.1, 0.15) is 0 Å². The molecule has 22 heavy (non-hydrogen) atoms. The fourth-order valence-electron chi connectivity index (χ4n) is 3.72. The first-order chi connectivity index (χ1) is 10.6. The van der Waals surface area contributed by atoms with Crippen LogP contribution in [0.25, 0.3) is 0 Å². The van der Waals surface area contributed by atoms with Crippen molar-refractivity contribution < 1.29 is 4.74 Å². The Labute approximate surface area is 138 Å². The van der Waals surface area contributed by atoms with Crippen LogP contribution in [0.4, 0.5) is 0 Å². The zero-order valence-electron chi connectivity index (χ0n) is 15.9. The smallest absolute Gasteiger partial charge is 0.0557 e. The monoisotopic (exact) mass is 313 g/mol. The van der Waals surface area contributed by atoms with Crippen LogP contribution >= 0.6 is 0 Å². The van der Waals surface area contributed by atoms with E-state index in [4.69, 9.17) is 4.74 Å². The van der Waals surface area contributed by atoms with E-state index in [9.17, 15) is 0 Å². The third kappa shape index (κ3) is 4.44. The largest absolute Gasteiger partial charge is 0.380 e. The number of likely N-dealkylation sites (N-methyl/N-ethyl adjacent to an activating group) is 1. The van der Waals surface area contributed by atoms with Crippen LogP contribution in [-0.2, 0) is 4.74 Å². The molecular weight excluding hydrogens is 274 g/mol. The van der Waals surface area contributed by atoms with E-state index in [0.717, 1.165) is 13.2 Å². The van der Waals surface area contributed by atoms with Crippen molar-refractivity contribution in [3.63, 3.8) is 0 Å². The highest BCUT2D eigenvalue weighted by atomic mass is 16.5. The molecular formula is C18H39N3O. The van der Waals surface area contributed by atoms with Crippen LogP contribution in [0.2, 0.25) is 0 Å². The minimum absolute atomic E-state index is 0.592. The number of nitrogens with one attached hydrogen (secondary N) is 1. The van der Waals surface area contributed by atoms with E-state index in [1.165, 1.54) is 52.0 Å². The molecule has 0 bridgehead atoms. The Balaban J connectivity index is 0.000000180. The number of nitrogens with zero attached hydrogens (tertiary/aromatic N) is 2. The van der Waals surface area contributed by atoms with Crippen molar-refractivity contribution in [2.24, 2.45) is 5.41 Å². The first-order valence-corrected chi connectivity index (χ1v) is 9.33. The van der Waals surface area contributed by atoms with Crippen molar-refractivity contribution >= 4 is 0 Å². The average Bonchev–Trinajstić information content (AvgIpc) is 3.06. The molecule has 4 rings (SSSR count). The summed E-state index contributed by atoms with van der Waals surface area (Å²) in [6, 6.07) is 0. The van der Waals surface area contributed by atoms with Gasteiger partial charge in [0, 0.05) is 30.6 Å². The molecule has 4 heteroatoms. The molecule has 132 valence electrons. The van der Waals surface area contributed by atoms with Gasteiger partial charge in [-0.25, -0.2) is 0 Å². The molecule has 0 radical (unpaired) electrons. The number of likely N-dealkylation sites (tertiary alicyclic amines) is 2. The Morgan fingerprint density at radius 2 is 1.55 bits per heavy atom. The standard InChI is InChI=1S/C7H14N2.C7H13NO.2C2H6/c1-9-4-2-3-7(9)5-8-6-7;1-8-3-2-7(4-8)5-9-6-7;2*1-2/h8H,2-6H2,1H3;2-6H2,1H3;2*1-2H3.